The van der Waals surface area contributed by atoms with E-state index in [0.717, 1.165) is 23.0 Å². The number of benzene rings is 1. The molecule has 2 rings (SSSR count). The second kappa shape index (κ2) is 6.50. The number of aliphatic hydroxyl groups excluding tert-OH is 1. The first-order valence-corrected chi connectivity index (χ1v) is 7.23. The lowest BCUT2D eigenvalue weighted by Crippen LogP contribution is -2.37. The number of halogens is 1. The van der Waals surface area contributed by atoms with Gasteiger partial charge in [0.1, 0.15) is 0 Å². The summed E-state index contributed by atoms with van der Waals surface area (Å²) in [6.45, 7) is 2.39. The third-order valence-corrected chi connectivity index (χ3v) is 4.17. The normalized spacial score (nSPS) is 19.6. The van der Waals surface area contributed by atoms with E-state index in [1.54, 1.807) is 4.90 Å². The minimum atomic E-state index is -0.277. The Bertz CT molecular complexity index is 453. The average molecular weight is 327 g/mol. The molecule has 0 radical (unpaired) electrons. The summed E-state index contributed by atoms with van der Waals surface area (Å²) < 4.78 is 1.02. The van der Waals surface area contributed by atoms with E-state index in [2.05, 4.69) is 15.9 Å². The fraction of sp³-hybridized carbons (Fsp3) is 0.500. The Balaban J connectivity index is 1.87. The molecule has 0 spiro atoms. The van der Waals surface area contributed by atoms with Crippen molar-refractivity contribution in [2.24, 2.45) is 0 Å². The molecule has 1 aromatic rings. The smallest absolute Gasteiger partial charge is 0.236 e. The molecule has 1 atom stereocenters. The summed E-state index contributed by atoms with van der Waals surface area (Å²) in [5, 5.41) is 9.45. The fourth-order valence-electron chi connectivity index (χ4n) is 2.24. The molecule has 104 valence electrons. The lowest BCUT2D eigenvalue weighted by molar-refractivity contribution is -0.131. The van der Waals surface area contributed by atoms with Gasteiger partial charge in [-0.3, -0.25) is 9.69 Å². The molecule has 5 heteroatoms. The SMILES string of the molecule is CN(Cc1ccccc1Br)C(=O)CN1CC[C@@H](O)C1. The number of aliphatic hydroxyl groups is 1. The summed E-state index contributed by atoms with van der Waals surface area (Å²) in [7, 11) is 1.81. The summed E-state index contributed by atoms with van der Waals surface area (Å²) in [5.41, 5.74) is 1.10. The molecule has 1 aromatic carbocycles. The number of carbonyl (C=O) groups excluding carboxylic acids is 1. The van der Waals surface area contributed by atoms with Gasteiger partial charge in [0.25, 0.3) is 0 Å². The van der Waals surface area contributed by atoms with Crippen LogP contribution in [0.3, 0.4) is 0 Å². The number of amides is 1. The minimum absolute atomic E-state index is 0.0878. The highest BCUT2D eigenvalue weighted by Gasteiger charge is 2.23. The first kappa shape index (κ1) is 14.5. The summed E-state index contributed by atoms with van der Waals surface area (Å²) in [4.78, 5) is 15.8. The molecule has 0 aromatic heterocycles. The van der Waals surface area contributed by atoms with Crippen LogP contribution in [0.2, 0.25) is 0 Å². The average Bonchev–Trinajstić information content (AvgIpc) is 2.77. The monoisotopic (exact) mass is 326 g/mol. The maximum atomic E-state index is 12.1. The number of rotatable bonds is 4. The topological polar surface area (TPSA) is 43.8 Å². The first-order chi connectivity index (χ1) is 9.06. The van der Waals surface area contributed by atoms with Crippen LogP contribution in [0.15, 0.2) is 28.7 Å². The fourth-order valence-corrected chi connectivity index (χ4v) is 2.65. The third-order valence-electron chi connectivity index (χ3n) is 3.40. The molecular weight excluding hydrogens is 308 g/mol. The molecule has 1 aliphatic heterocycles. The number of nitrogens with zero attached hydrogens (tertiary/aromatic N) is 2. The van der Waals surface area contributed by atoms with Crippen molar-refractivity contribution in [1.29, 1.82) is 0 Å². The Hall–Kier alpha value is -0.910. The number of hydrogen-bond acceptors (Lipinski definition) is 3. The highest BCUT2D eigenvalue weighted by Crippen LogP contribution is 2.17. The Morgan fingerprint density at radius 3 is 2.89 bits per heavy atom. The van der Waals surface area contributed by atoms with Gasteiger partial charge in [0, 0.05) is 31.2 Å². The van der Waals surface area contributed by atoms with Crippen LogP contribution in [0.25, 0.3) is 0 Å². The van der Waals surface area contributed by atoms with Gasteiger partial charge in [0.2, 0.25) is 5.91 Å². The highest BCUT2D eigenvalue weighted by molar-refractivity contribution is 9.10. The molecule has 4 nitrogen and oxygen atoms in total. The zero-order valence-corrected chi connectivity index (χ0v) is 12.6. The molecule has 19 heavy (non-hydrogen) atoms. The lowest BCUT2D eigenvalue weighted by atomic mass is 10.2. The van der Waals surface area contributed by atoms with E-state index in [9.17, 15) is 9.90 Å². The minimum Gasteiger partial charge on any atom is -0.392 e. The van der Waals surface area contributed by atoms with Gasteiger partial charge in [0.05, 0.1) is 12.6 Å². The summed E-state index contributed by atoms with van der Waals surface area (Å²) in [6.07, 6.45) is 0.489. The molecule has 0 unspecified atom stereocenters. The molecule has 0 bridgehead atoms. The van der Waals surface area contributed by atoms with Gasteiger partial charge in [-0.15, -0.1) is 0 Å². The van der Waals surface area contributed by atoms with Crippen LogP contribution in [0.1, 0.15) is 12.0 Å². The molecule has 1 aliphatic rings. The summed E-state index contributed by atoms with van der Waals surface area (Å²) in [5.74, 6) is 0.0878. The predicted octanol–water partition coefficient (Wildman–Crippen LogP) is 1.47. The molecule has 1 heterocycles. The van der Waals surface area contributed by atoms with Crippen molar-refractivity contribution < 1.29 is 9.90 Å². The number of hydrogen-bond donors (Lipinski definition) is 1. The molecule has 1 saturated heterocycles. The molecule has 0 aliphatic carbocycles. The van der Waals surface area contributed by atoms with Crippen molar-refractivity contribution in [2.45, 2.75) is 19.1 Å². The van der Waals surface area contributed by atoms with Crippen LogP contribution < -0.4 is 0 Å². The van der Waals surface area contributed by atoms with E-state index in [-0.39, 0.29) is 12.0 Å². The molecular formula is C14H19BrN2O2. The second-order valence-corrected chi connectivity index (χ2v) is 5.87. The Morgan fingerprint density at radius 1 is 1.53 bits per heavy atom. The van der Waals surface area contributed by atoms with E-state index >= 15 is 0 Å². The molecule has 1 N–H and O–H groups in total. The molecule has 0 saturated carbocycles. The van der Waals surface area contributed by atoms with Crippen LogP contribution >= 0.6 is 15.9 Å². The van der Waals surface area contributed by atoms with Gasteiger partial charge < -0.3 is 10.0 Å². The molecule has 1 amide bonds. The number of likely N-dealkylation sites (tertiary alicyclic amines) is 1. The zero-order chi connectivity index (χ0) is 13.8. The van der Waals surface area contributed by atoms with Crippen LogP contribution in [0, 0.1) is 0 Å². The van der Waals surface area contributed by atoms with E-state index in [1.165, 1.54) is 0 Å². The standard InChI is InChI=1S/C14H19BrN2O2/c1-16(8-11-4-2-3-5-13(11)15)14(19)10-17-7-6-12(18)9-17/h2-5,12,18H,6-10H2,1H3/t12-/m1/s1. The summed E-state index contributed by atoms with van der Waals surface area (Å²) >= 11 is 3.49. The Labute approximate surface area is 122 Å². The lowest BCUT2D eigenvalue weighted by Gasteiger charge is -2.21. The first-order valence-electron chi connectivity index (χ1n) is 6.44. The van der Waals surface area contributed by atoms with Crippen molar-refractivity contribution in [3.63, 3.8) is 0 Å². The zero-order valence-electron chi connectivity index (χ0n) is 11.1. The van der Waals surface area contributed by atoms with Gasteiger partial charge in [-0.2, -0.15) is 0 Å². The largest absolute Gasteiger partial charge is 0.392 e. The van der Waals surface area contributed by atoms with Gasteiger partial charge in [-0.1, -0.05) is 34.1 Å². The van der Waals surface area contributed by atoms with Gasteiger partial charge in [-0.05, 0) is 18.1 Å². The van der Waals surface area contributed by atoms with Crippen LogP contribution in [0.5, 0.6) is 0 Å². The van der Waals surface area contributed by atoms with Crippen LogP contribution in [-0.4, -0.2) is 53.6 Å². The van der Waals surface area contributed by atoms with Crippen LogP contribution in [-0.2, 0) is 11.3 Å². The van der Waals surface area contributed by atoms with Crippen LogP contribution in [0.4, 0.5) is 0 Å². The number of β-amino-alcohol motifs (C(OH)–C–C–N with tert-alkyl or cyclic N) is 1. The predicted molar refractivity (Wildman–Crippen MR) is 77.7 cm³/mol. The van der Waals surface area contributed by atoms with E-state index < -0.39 is 0 Å². The number of carbonyl (C=O) groups is 1. The number of likely N-dealkylation sites (N-methyl/N-ethyl adjacent to an activating group) is 1. The van der Waals surface area contributed by atoms with Crippen molar-refractivity contribution in [3.8, 4) is 0 Å². The van der Waals surface area contributed by atoms with Gasteiger partial charge in [-0.25, -0.2) is 0 Å². The maximum Gasteiger partial charge on any atom is 0.236 e. The molecule has 1 fully saturated rings. The maximum absolute atomic E-state index is 12.1. The van der Waals surface area contributed by atoms with E-state index in [0.29, 0.717) is 19.6 Å². The third kappa shape index (κ3) is 4.03. The van der Waals surface area contributed by atoms with Gasteiger partial charge >= 0.3 is 0 Å². The van der Waals surface area contributed by atoms with E-state index in [1.807, 2.05) is 36.2 Å². The quantitative estimate of drug-likeness (QED) is 0.911. The van der Waals surface area contributed by atoms with E-state index in [4.69, 9.17) is 0 Å². The van der Waals surface area contributed by atoms with Crippen molar-refractivity contribution in [2.75, 3.05) is 26.7 Å². The Kier molecular flexibility index (Phi) is 4.96. The highest BCUT2D eigenvalue weighted by atomic mass is 79.9. The van der Waals surface area contributed by atoms with Crippen molar-refractivity contribution in [1.82, 2.24) is 9.80 Å². The van der Waals surface area contributed by atoms with Crippen molar-refractivity contribution in [3.05, 3.63) is 34.3 Å². The van der Waals surface area contributed by atoms with Gasteiger partial charge in [0.15, 0.2) is 0 Å². The Morgan fingerprint density at radius 2 is 2.26 bits per heavy atom. The second-order valence-electron chi connectivity index (χ2n) is 5.02. The summed E-state index contributed by atoms with van der Waals surface area (Å²) in [6, 6.07) is 7.91. The van der Waals surface area contributed by atoms with Crippen molar-refractivity contribution >= 4 is 21.8 Å².